The van der Waals surface area contributed by atoms with Gasteiger partial charge >= 0.3 is 0 Å². The molecule has 0 heterocycles. The van der Waals surface area contributed by atoms with Crippen molar-refractivity contribution in [2.75, 3.05) is 26.4 Å². The summed E-state index contributed by atoms with van der Waals surface area (Å²) in [6, 6.07) is 0. The summed E-state index contributed by atoms with van der Waals surface area (Å²) in [5.41, 5.74) is 0. The lowest BCUT2D eigenvalue weighted by Crippen LogP contribution is -2.58. The number of hydrogen-bond donors (Lipinski definition) is 0. The lowest BCUT2D eigenvalue weighted by Gasteiger charge is -2.41. The van der Waals surface area contributed by atoms with E-state index in [1.54, 1.807) is 0 Å². The van der Waals surface area contributed by atoms with Gasteiger partial charge in [-0.15, -0.1) is 5.32 Å². The van der Waals surface area contributed by atoms with Crippen molar-refractivity contribution in [3.63, 3.8) is 0 Å². The van der Waals surface area contributed by atoms with Gasteiger partial charge in [-0.2, -0.15) is 0 Å². The molecule has 5 nitrogen and oxygen atoms in total. The van der Waals surface area contributed by atoms with Gasteiger partial charge in [0, 0.05) is 12.8 Å². The molecule has 151 valence electrons. The van der Waals surface area contributed by atoms with Crippen LogP contribution in [0.3, 0.4) is 0 Å². The third-order valence-electron chi connectivity index (χ3n) is 3.95. The molecule has 2 atom stereocenters. The monoisotopic (exact) mass is 360 g/mol. The molecular formula is C20H42NO4. The number of rotatable bonds is 18. The van der Waals surface area contributed by atoms with E-state index in [9.17, 15) is 0 Å². The second-order valence-electron chi connectivity index (χ2n) is 6.35. The highest BCUT2D eigenvalue weighted by Crippen LogP contribution is 2.27. The zero-order valence-electron chi connectivity index (χ0n) is 17.6. The van der Waals surface area contributed by atoms with Gasteiger partial charge in [0.05, 0.1) is 26.4 Å². The van der Waals surface area contributed by atoms with Crippen LogP contribution in [0.2, 0.25) is 0 Å². The normalized spacial score (nSPS) is 16.6. The van der Waals surface area contributed by atoms with E-state index >= 15 is 0 Å². The van der Waals surface area contributed by atoms with Crippen LogP contribution in [0.4, 0.5) is 0 Å². The summed E-state index contributed by atoms with van der Waals surface area (Å²) in [4.78, 5) is 0. The molecule has 0 N–H and O–H groups in total. The number of ether oxygens (including phenoxy) is 4. The molecule has 0 aromatic heterocycles. The maximum atomic E-state index is 6.12. The third-order valence-corrected chi connectivity index (χ3v) is 3.95. The molecule has 0 saturated heterocycles. The molecule has 0 aliphatic rings. The largest absolute Gasteiger partial charge is 0.336 e. The summed E-state index contributed by atoms with van der Waals surface area (Å²) in [7, 11) is 0. The minimum atomic E-state index is -0.999. The molecule has 5 heteroatoms. The van der Waals surface area contributed by atoms with Gasteiger partial charge in [-0.05, 0) is 25.7 Å². The van der Waals surface area contributed by atoms with Crippen LogP contribution < -0.4 is 5.32 Å². The molecule has 2 unspecified atom stereocenters. The van der Waals surface area contributed by atoms with Crippen LogP contribution in [0.25, 0.3) is 0 Å². The molecule has 0 saturated carbocycles. The van der Waals surface area contributed by atoms with Crippen molar-refractivity contribution in [1.29, 1.82) is 0 Å². The number of unbranched alkanes of at least 4 members (excludes halogenated alkanes) is 2. The van der Waals surface area contributed by atoms with Crippen LogP contribution >= 0.6 is 0 Å². The molecule has 0 aliphatic heterocycles. The summed E-state index contributed by atoms with van der Waals surface area (Å²) in [5.74, 6) is -2.00. The van der Waals surface area contributed by atoms with Crippen LogP contribution in [0, 0.1) is 0 Å². The highest BCUT2D eigenvalue weighted by atomic mass is 16.8. The molecule has 0 spiro atoms. The molecular weight excluding hydrogens is 318 g/mol. The van der Waals surface area contributed by atoms with E-state index < -0.39 is 11.8 Å². The Bertz CT molecular complexity index is 275. The second kappa shape index (κ2) is 14.9. The maximum Gasteiger partial charge on any atom is 0.247 e. The minimum absolute atomic E-state index is 0.603. The van der Waals surface area contributed by atoms with Gasteiger partial charge in [-0.25, -0.2) is 0 Å². The average molecular weight is 361 g/mol. The highest BCUT2D eigenvalue weighted by Gasteiger charge is 2.44. The van der Waals surface area contributed by atoms with E-state index in [1.807, 2.05) is 13.8 Å². The van der Waals surface area contributed by atoms with Gasteiger partial charge in [0.15, 0.2) is 0 Å². The summed E-state index contributed by atoms with van der Waals surface area (Å²) in [6.07, 6.45) is 7.21. The van der Waals surface area contributed by atoms with Crippen molar-refractivity contribution in [3.8, 4) is 0 Å². The zero-order chi connectivity index (χ0) is 19.0. The van der Waals surface area contributed by atoms with Gasteiger partial charge in [0.25, 0.3) is 0 Å². The Labute approximate surface area is 156 Å². The van der Waals surface area contributed by atoms with Crippen molar-refractivity contribution in [1.82, 2.24) is 5.32 Å². The highest BCUT2D eigenvalue weighted by molar-refractivity contribution is 4.75. The van der Waals surface area contributed by atoms with E-state index in [1.165, 1.54) is 0 Å². The third kappa shape index (κ3) is 9.90. The molecule has 1 radical (unpaired) electrons. The fourth-order valence-electron chi connectivity index (χ4n) is 2.31. The molecule has 25 heavy (non-hydrogen) atoms. The first-order valence-corrected chi connectivity index (χ1v) is 10.4. The lowest BCUT2D eigenvalue weighted by atomic mass is 10.2. The number of nitrogens with zero attached hydrogens (tertiary/aromatic N) is 1. The van der Waals surface area contributed by atoms with Crippen molar-refractivity contribution in [2.24, 2.45) is 0 Å². The summed E-state index contributed by atoms with van der Waals surface area (Å²) in [5, 5.41) is 4.91. The maximum absolute atomic E-state index is 6.12. The number of hydrogen-bond acceptors (Lipinski definition) is 4. The first-order valence-electron chi connectivity index (χ1n) is 10.4. The quantitative estimate of drug-likeness (QED) is 0.249. The van der Waals surface area contributed by atoms with Crippen LogP contribution in [-0.2, 0) is 18.9 Å². The van der Waals surface area contributed by atoms with Crippen molar-refractivity contribution in [3.05, 3.63) is 0 Å². The fraction of sp³-hybridized carbons (Fsp3) is 1.00. The van der Waals surface area contributed by atoms with Gasteiger partial charge in [0.1, 0.15) is 0 Å². The topological polar surface area (TPSA) is 51.0 Å². The molecule has 0 aromatic rings. The fourth-order valence-corrected chi connectivity index (χ4v) is 2.31. The Hall–Kier alpha value is -0.200. The first kappa shape index (κ1) is 24.8. The molecule has 0 aromatic carbocycles. The lowest BCUT2D eigenvalue weighted by molar-refractivity contribution is -0.349. The van der Waals surface area contributed by atoms with Crippen molar-refractivity contribution >= 4 is 0 Å². The predicted octanol–water partition coefficient (Wildman–Crippen LogP) is 5.21. The van der Waals surface area contributed by atoms with Gasteiger partial charge in [-0.1, -0.05) is 54.4 Å². The Kier molecular flexibility index (Phi) is 14.8. The summed E-state index contributed by atoms with van der Waals surface area (Å²) >= 11 is 0. The second-order valence-corrected chi connectivity index (χ2v) is 6.35. The van der Waals surface area contributed by atoms with Gasteiger partial charge in [0.2, 0.25) is 11.8 Å². The molecule has 0 aliphatic carbocycles. The van der Waals surface area contributed by atoms with Crippen molar-refractivity contribution in [2.45, 2.75) is 105 Å². The van der Waals surface area contributed by atoms with E-state index in [0.29, 0.717) is 39.3 Å². The standard InChI is InChI=1S/C20H42NO4/c1-7-13-17-24-19(11-5,22-15-9-3)21-20(12-6,23-16-10-4)25-18-14-8-2/h7-18H2,1-6H3. The van der Waals surface area contributed by atoms with Crippen LogP contribution in [0.15, 0.2) is 0 Å². The summed E-state index contributed by atoms with van der Waals surface area (Å²) < 4.78 is 24.4. The first-order chi connectivity index (χ1) is 12.1. The van der Waals surface area contributed by atoms with Crippen molar-refractivity contribution < 1.29 is 18.9 Å². The van der Waals surface area contributed by atoms with E-state index in [4.69, 9.17) is 24.3 Å². The Morgan fingerprint density at radius 1 is 0.520 bits per heavy atom. The Balaban J connectivity index is 5.26. The minimum Gasteiger partial charge on any atom is -0.336 e. The van der Waals surface area contributed by atoms with E-state index in [-0.39, 0.29) is 0 Å². The van der Waals surface area contributed by atoms with Crippen LogP contribution in [0.5, 0.6) is 0 Å². The van der Waals surface area contributed by atoms with Crippen LogP contribution in [-0.4, -0.2) is 38.2 Å². The Morgan fingerprint density at radius 3 is 1.16 bits per heavy atom. The van der Waals surface area contributed by atoms with Gasteiger partial charge < -0.3 is 18.9 Å². The smallest absolute Gasteiger partial charge is 0.247 e. The Morgan fingerprint density at radius 2 is 0.880 bits per heavy atom. The molecule has 0 fully saturated rings. The average Bonchev–Trinajstić information content (AvgIpc) is 2.64. The zero-order valence-corrected chi connectivity index (χ0v) is 17.6. The van der Waals surface area contributed by atoms with E-state index in [0.717, 1.165) is 38.5 Å². The van der Waals surface area contributed by atoms with Gasteiger partial charge in [-0.3, -0.25) is 0 Å². The predicted molar refractivity (Wildman–Crippen MR) is 102 cm³/mol. The van der Waals surface area contributed by atoms with Crippen LogP contribution in [0.1, 0.15) is 92.9 Å². The molecule has 0 amide bonds. The molecule has 0 rings (SSSR count). The summed E-state index contributed by atoms with van der Waals surface area (Å²) in [6.45, 7) is 15.0. The van der Waals surface area contributed by atoms with E-state index in [2.05, 4.69) is 27.7 Å². The molecule has 0 bridgehead atoms. The SMILES string of the molecule is CCCCOC(CC)([N]C(CC)(OCCC)OCCCC)OCCC.